The molecule has 22 heavy (non-hydrogen) atoms. The van der Waals surface area contributed by atoms with Gasteiger partial charge in [-0.05, 0) is 85.0 Å². The summed E-state index contributed by atoms with van der Waals surface area (Å²) >= 11 is 0. The molecule has 0 saturated heterocycles. The van der Waals surface area contributed by atoms with Crippen molar-refractivity contribution in [1.82, 2.24) is 0 Å². The molecule has 112 valence electrons. The molecule has 0 saturated carbocycles. The topological polar surface area (TPSA) is 35.5 Å². The van der Waals surface area contributed by atoms with Gasteiger partial charge in [0.2, 0.25) is 0 Å². The van der Waals surface area contributed by atoms with Gasteiger partial charge in [-0.3, -0.25) is 0 Å². The molecule has 0 amide bonds. The van der Waals surface area contributed by atoms with Crippen LogP contribution in [0.1, 0.15) is 35.1 Å². The molecule has 0 aliphatic heterocycles. The van der Waals surface area contributed by atoms with Crippen molar-refractivity contribution in [1.29, 1.82) is 0 Å². The van der Waals surface area contributed by atoms with Crippen molar-refractivity contribution in [3.05, 3.63) is 58.7 Å². The Morgan fingerprint density at radius 3 is 1.64 bits per heavy atom. The van der Waals surface area contributed by atoms with E-state index in [1.54, 1.807) is 0 Å². The zero-order valence-corrected chi connectivity index (χ0v) is 13.3. The van der Waals surface area contributed by atoms with E-state index in [0.29, 0.717) is 11.5 Å². The Hall–Kier alpha value is -1.86. The summed E-state index contributed by atoms with van der Waals surface area (Å²) in [5, 5.41) is 0. The minimum atomic E-state index is -2.20. The van der Waals surface area contributed by atoms with Crippen molar-refractivity contribution in [2.24, 2.45) is 0 Å². The van der Waals surface area contributed by atoms with Gasteiger partial charge in [-0.15, -0.1) is 0 Å². The third-order valence-electron chi connectivity index (χ3n) is 4.50. The summed E-state index contributed by atoms with van der Waals surface area (Å²) in [4.78, 5) is 0. The lowest BCUT2D eigenvalue weighted by Gasteiger charge is -2.01. The van der Waals surface area contributed by atoms with Crippen molar-refractivity contribution >= 4 is 8.25 Å². The van der Waals surface area contributed by atoms with Crippen LogP contribution in [0.5, 0.6) is 11.5 Å². The first-order valence-electron chi connectivity index (χ1n) is 7.85. The maximum absolute atomic E-state index is 12.1. The first-order chi connectivity index (χ1) is 10.8. The summed E-state index contributed by atoms with van der Waals surface area (Å²) in [6, 6.07) is 11.9. The molecule has 0 spiro atoms. The first-order valence-corrected chi connectivity index (χ1v) is 8.94. The Morgan fingerprint density at radius 2 is 1.14 bits per heavy atom. The zero-order chi connectivity index (χ0) is 14.9. The van der Waals surface area contributed by atoms with Crippen LogP contribution in [0.4, 0.5) is 0 Å². The highest BCUT2D eigenvalue weighted by Gasteiger charge is 2.26. The van der Waals surface area contributed by atoms with Crippen LogP contribution in [0.15, 0.2) is 36.4 Å². The highest BCUT2D eigenvalue weighted by molar-refractivity contribution is 7.34. The number of hydrogen-bond acceptors (Lipinski definition) is 3. The van der Waals surface area contributed by atoms with Gasteiger partial charge >= 0.3 is 8.25 Å². The SMILES string of the molecule is O=[P+](Oc1ccc2c(c1)CCC2)Oc1ccc2c(c1)CCC2. The molecule has 2 aliphatic rings. The smallest absolute Gasteiger partial charge is 0.222 e. The molecule has 0 bridgehead atoms. The maximum atomic E-state index is 12.1. The van der Waals surface area contributed by atoms with E-state index in [0.717, 1.165) is 25.7 Å². The summed E-state index contributed by atoms with van der Waals surface area (Å²) in [6.07, 6.45) is 6.80. The maximum Gasteiger partial charge on any atom is 0.805 e. The lowest BCUT2D eigenvalue weighted by molar-refractivity contribution is 0.415. The minimum absolute atomic E-state index is 0.628. The molecule has 2 aromatic rings. The summed E-state index contributed by atoms with van der Waals surface area (Å²) in [5.41, 5.74) is 5.36. The molecule has 0 unspecified atom stereocenters. The molecule has 4 heteroatoms. The van der Waals surface area contributed by atoms with Gasteiger partial charge in [0.15, 0.2) is 11.5 Å². The van der Waals surface area contributed by atoms with Crippen LogP contribution < -0.4 is 9.05 Å². The van der Waals surface area contributed by atoms with Crippen molar-refractivity contribution < 1.29 is 13.6 Å². The standard InChI is InChI=1S/C18H18O3P/c19-22(20-17-9-7-13-3-1-5-15(13)11-17)21-18-10-8-14-4-2-6-16(14)12-18/h7-12H,1-6H2/q+1. The molecular formula is C18H18O3P+. The van der Waals surface area contributed by atoms with E-state index in [1.165, 1.54) is 35.1 Å². The molecule has 0 aromatic heterocycles. The fourth-order valence-corrected chi connectivity index (χ4v) is 4.01. The molecular weight excluding hydrogens is 295 g/mol. The van der Waals surface area contributed by atoms with Crippen LogP contribution in [0, 0.1) is 0 Å². The van der Waals surface area contributed by atoms with Gasteiger partial charge in [-0.25, -0.2) is 9.05 Å². The Labute approximate surface area is 131 Å². The summed E-state index contributed by atoms with van der Waals surface area (Å²) in [5.74, 6) is 1.26. The Morgan fingerprint density at radius 1 is 0.682 bits per heavy atom. The van der Waals surface area contributed by atoms with E-state index in [1.807, 2.05) is 24.3 Å². The van der Waals surface area contributed by atoms with Gasteiger partial charge in [-0.2, -0.15) is 0 Å². The average molecular weight is 313 g/mol. The average Bonchev–Trinajstić information content (AvgIpc) is 3.14. The predicted molar refractivity (Wildman–Crippen MR) is 85.8 cm³/mol. The second-order valence-corrected chi connectivity index (χ2v) is 6.79. The number of benzene rings is 2. The fraction of sp³-hybridized carbons (Fsp3) is 0.333. The van der Waals surface area contributed by atoms with E-state index < -0.39 is 8.25 Å². The third-order valence-corrected chi connectivity index (χ3v) is 5.22. The van der Waals surface area contributed by atoms with E-state index in [-0.39, 0.29) is 0 Å². The molecule has 2 aliphatic carbocycles. The van der Waals surface area contributed by atoms with Crippen LogP contribution in [0.3, 0.4) is 0 Å². The third kappa shape index (κ3) is 2.74. The number of hydrogen-bond donors (Lipinski definition) is 0. The predicted octanol–water partition coefficient (Wildman–Crippen LogP) is 4.78. The first kappa shape index (κ1) is 13.8. The Kier molecular flexibility index (Phi) is 3.59. The molecule has 0 heterocycles. The molecule has 0 N–H and O–H groups in total. The molecule has 0 fully saturated rings. The number of rotatable bonds is 4. The van der Waals surface area contributed by atoms with Crippen molar-refractivity contribution in [2.45, 2.75) is 38.5 Å². The fourth-order valence-electron chi connectivity index (χ4n) is 3.40. The molecule has 0 radical (unpaired) electrons. The second kappa shape index (κ2) is 5.73. The van der Waals surface area contributed by atoms with Crippen molar-refractivity contribution in [3.63, 3.8) is 0 Å². The van der Waals surface area contributed by atoms with Gasteiger partial charge in [0, 0.05) is 4.57 Å². The van der Waals surface area contributed by atoms with Gasteiger partial charge in [0.1, 0.15) is 0 Å². The van der Waals surface area contributed by atoms with Crippen LogP contribution in [-0.2, 0) is 30.2 Å². The van der Waals surface area contributed by atoms with Crippen LogP contribution in [0.25, 0.3) is 0 Å². The largest absolute Gasteiger partial charge is 0.805 e. The van der Waals surface area contributed by atoms with Crippen LogP contribution >= 0.6 is 8.25 Å². The zero-order valence-electron chi connectivity index (χ0n) is 12.4. The van der Waals surface area contributed by atoms with E-state index in [2.05, 4.69) is 12.1 Å². The second-order valence-electron chi connectivity index (χ2n) is 5.97. The minimum Gasteiger partial charge on any atom is -0.222 e. The lowest BCUT2D eigenvalue weighted by Crippen LogP contribution is -1.92. The monoisotopic (exact) mass is 313 g/mol. The summed E-state index contributed by atoms with van der Waals surface area (Å²) in [6.45, 7) is 0. The number of aryl methyl sites for hydroxylation is 4. The Bertz CT molecular complexity index is 678. The van der Waals surface area contributed by atoms with E-state index in [9.17, 15) is 4.57 Å². The highest BCUT2D eigenvalue weighted by atomic mass is 31.1. The van der Waals surface area contributed by atoms with E-state index in [4.69, 9.17) is 9.05 Å². The van der Waals surface area contributed by atoms with Gasteiger partial charge in [0.25, 0.3) is 0 Å². The van der Waals surface area contributed by atoms with Gasteiger partial charge in [-0.1, -0.05) is 12.1 Å². The molecule has 3 nitrogen and oxygen atoms in total. The molecule has 0 atom stereocenters. The summed E-state index contributed by atoms with van der Waals surface area (Å²) < 4.78 is 23.0. The number of fused-ring (bicyclic) bond motifs is 2. The van der Waals surface area contributed by atoms with Crippen LogP contribution in [0.2, 0.25) is 0 Å². The molecule has 2 aromatic carbocycles. The van der Waals surface area contributed by atoms with Gasteiger partial charge < -0.3 is 0 Å². The van der Waals surface area contributed by atoms with Gasteiger partial charge in [0.05, 0.1) is 0 Å². The summed E-state index contributed by atoms with van der Waals surface area (Å²) in [7, 11) is -2.20. The van der Waals surface area contributed by atoms with Crippen molar-refractivity contribution in [3.8, 4) is 11.5 Å². The highest BCUT2D eigenvalue weighted by Crippen LogP contribution is 2.35. The normalized spacial score (nSPS) is 15.3. The Balaban J connectivity index is 1.44. The van der Waals surface area contributed by atoms with E-state index >= 15 is 0 Å². The lowest BCUT2D eigenvalue weighted by atomic mass is 10.1. The quantitative estimate of drug-likeness (QED) is 0.762. The van der Waals surface area contributed by atoms with Crippen molar-refractivity contribution in [2.75, 3.05) is 0 Å². The van der Waals surface area contributed by atoms with Crippen LogP contribution in [-0.4, -0.2) is 0 Å². The molecule has 4 rings (SSSR count).